The summed E-state index contributed by atoms with van der Waals surface area (Å²) in [7, 11) is 3.66. The number of aromatic amines is 1. The van der Waals surface area contributed by atoms with Crippen molar-refractivity contribution in [1.82, 2.24) is 77.3 Å². The van der Waals surface area contributed by atoms with Gasteiger partial charge >= 0.3 is 5.97 Å². The Hall–Kier alpha value is -13.2. The lowest BCUT2D eigenvalue weighted by Crippen LogP contribution is -2.64. The molecule has 712 valence electrons. The van der Waals surface area contributed by atoms with Crippen LogP contribution in [0.15, 0.2) is 121 Å². The first-order valence-electron chi connectivity index (χ1n) is 43.3. The number of thioether (sulfide) groups is 1. The number of aliphatic carboxylic acids is 1. The third kappa shape index (κ3) is 27.9. The predicted molar refractivity (Wildman–Crippen MR) is 475 cm³/mol. The summed E-state index contributed by atoms with van der Waals surface area (Å²) >= 11 is 0.631. The van der Waals surface area contributed by atoms with Gasteiger partial charge in [-0.1, -0.05) is 106 Å². The highest BCUT2D eigenvalue weighted by Gasteiger charge is 2.46. The number of benzene rings is 5. The maximum absolute atomic E-state index is 15.7. The molecule has 4 heterocycles. The maximum atomic E-state index is 15.7. The van der Waals surface area contributed by atoms with Crippen LogP contribution in [0.2, 0.25) is 0 Å². The first-order chi connectivity index (χ1) is 62.9. The number of nitrogens with two attached hydrogens (primary N) is 3. The molecule has 9 rings (SSSR count). The smallest absolute Gasteiger partial charge is 0.305 e. The third-order valence-corrected chi connectivity index (χ3v) is 24.2. The average molecular weight is 1860 g/mol. The number of hydrogen-bond donors (Lipinski definition) is 16. The van der Waals surface area contributed by atoms with Gasteiger partial charge in [0.1, 0.15) is 90.0 Å². The number of amides is 15. The minimum Gasteiger partial charge on any atom is -0.508 e. The fourth-order valence-electron chi connectivity index (χ4n) is 15.9. The van der Waals surface area contributed by atoms with Crippen LogP contribution < -0.4 is 65.1 Å². The number of likely N-dealkylation sites (N-methyl/N-ethyl adjacent to an activating group) is 3. The van der Waals surface area contributed by atoms with E-state index in [1.807, 2.05) is 0 Å². The van der Waals surface area contributed by atoms with Crippen molar-refractivity contribution in [3.8, 4) is 11.5 Å². The van der Waals surface area contributed by atoms with Crippen LogP contribution in [0.4, 0.5) is 13.2 Å². The molecule has 19 N–H and O–H groups in total. The second-order valence-electron chi connectivity index (χ2n) is 33.1. The van der Waals surface area contributed by atoms with Crippen molar-refractivity contribution < 1.29 is 110 Å². The van der Waals surface area contributed by atoms with Crippen molar-refractivity contribution in [2.45, 2.75) is 183 Å². The largest absolute Gasteiger partial charge is 0.508 e. The zero-order valence-corrected chi connectivity index (χ0v) is 74.8. The van der Waals surface area contributed by atoms with Crippen molar-refractivity contribution in [3.05, 3.63) is 167 Å². The van der Waals surface area contributed by atoms with Gasteiger partial charge in [-0.2, -0.15) is 0 Å². The van der Waals surface area contributed by atoms with Crippen LogP contribution in [0.3, 0.4) is 0 Å². The van der Waals surface area contributed by atoms with Gasteiger partial charge in [-0.15, -0.1) is 11.8 Å². The molecule has 3 aliphatic heterocycles. The highest BCUT2D eigenvalue weighted by atomic mass is 32.2. The van der Waals surface area contributed by atoms with Gasteiger partial charge in [-0.3, -0.25) is 76.7 Å². The number of carboxylic acid groups (broad SMARTS) is 1. The lowest BCUT2D eigenvalue weighted by atomic mass is 9.98. The lowest BCUT2D eigenvalue weighted by Gasteiger charge is -2.38. The molecule has 3 aliphatic rings. The Kier molecular flexibility index (Phi) is 37.8. The molecule has 0 radical (unpaired) electrons. The number of morpholine rings is 1. The zero-order valence-electron chi connectivity index (χ0n) is 74.0. The number of hydrogen-bond acceptors (Lipinski definition) is 22. The van der Waals surface area contributed by atoms with Crippen molar-refractivity contribution >= 4 is 117 Å². The summed E-state index contributed by atoms with van der Waals surface area (Å²) in [6, 6.07) is 5.83. The van der Waals surface area contributed by atoms with E-state index >= 15 is 51.9 Å². The minimum absolute atomic E-state index is 0.0622. The number of para-hydroxylation sites is 1. The number of ether oxygens (including phenoxy) is 1. The van der Waals surface area contributed by atoms with Gasteiger partial charge in [0, 0.05) is 89.2 Å². The number of nitrogens with zero attached hydrogens (tertiary/aromatic N) is 5. The van der Waals surface area contributed by atoms with Gasteiger partial charge in [0.15, 0.2) is 17.5 Å². The number of aromatic nitrogens is 1. The van der Waals surface area contributed by atoms with Crippen LogP contribution in [0.25, 0.3) is 10.9 Å². The molecule has 15 amide bonds. The van der Waals surface area contributed by atoms with E-state index in [1.165, 1.54) is 62.6 Å². The molecule has 3 saturated heterocycles. The Labute approximate surface area is 763 Å². The van der Waals surface area contributed by atoms with Crippen LogP contribution >= 0.6 is 11.8 Å². The Bertz CT molecular complexity index is 5110. The van der Waals surface area contributed by atoms with E-state index < -0.39 is 246 Å². The molecule has 13 atom stereocenters. The van der Waals surface area contributed by atoms with E-state index in [0.717, 1.165) is 31.5 Å². The SMILES string of the molecule is CCCC[C@H]1C(=O)N2CCC[C@@H]2C(=O)N[C@@H](CC(=O)O)C(=O)N[C@H](C(C)C)C(=O)N(C)[C@@H](Cc2ccccc2)C(=O)N[C@@H](CCN)C(=O)N2CCOC[C@@H]2C(=O)N[C@H](Cc2c[nH]c3ccccc23)C(=O)N[C@@H](Cc2ccc(O)cc2)C(=O)N[C@@H](CCN)C(=O)N[C@H](C(=O)NCC(N)=O)CSCC(=O)N[C@@H](Cc2cc(F)c(F)c(F)c2)C(=O)N(C)[C@@H](Cc2ccc(O)cc2)C(=O)N1C. The highest BCUT2D eigenvalue weighted by Crippen LogP contribution is 2.28. The Balaban J connectivity index is 1.13. The minimum atomic E-state index is -1.96. The number of phenols is 2. The van der Waals surface area contributed by atoms with Crippen molar-refractivity contribution in [3.63, 3.8) is 0 Å². The zero-order chi connectivity index (χ0) is 96.3. The summed E-state index contributed by atoms with van der Waals surface area (Å²) in [5, 5.41) is 54.9. The first-order valence-corrected chi connectivity index (χ1v) is 44.5. The summed E-state index contributed by atoms with van der Waals surface area (Å²) < 4.78 is 50.9. The topological polar surface area (TPSA) is 561 Å². The van der Waals surface area contributed by atoms with Gasteiger partial charge in [0.2, 0.25) is 88.6 Å². The molecule has 0 bridgehead atoms. The number of rotatable bonds is 23. The van der Waals surface area contributed by atoms with Gasteiger partial charge in [0.05, 0.1) is 31.9 Å². The monoisotopic (exact) mass is 1860 g/mol. The number of fused-ring (bicyclic) bond motifs is 3. The van der Waals surface area contributed by atoms with E-state index in [4.69, 9.17) is 21.9 Å². The third-order valence-electron chi connectivity index (χ3n) is 23.2. The van der Waals surface area contributed by atoms with Gasteiger partial charge in [-0.05, 0) is 121 Å². The molecule has 0 saturated carbocycles. The quantitative estimate of drug-likeness (QED) is 0.0358. The van der Waals surface area contributed by atoms with Crippen molar-refractivity contribution in [2.24, 2.45) is 23.1 Å². The van der Waals surface area contributed by atoms with Crippen molar-refractivity contribution in [1.29, 1.82) is 0 Å². The summed E-state index contributed by atoms with van der Waals surface area (Å²) in [5.41, 5.74) is 19.5. The standard InChI is InChI=1S/C90H115F3N18O20S/c1-7-8-19-69-89(129)110-33-14-20-68(110)83(123)104-65(43-75(116)117)82(122)106-77(49(2)3)90(130)108(5)70(40-50-15-10-9-11-16-50)84(124)101-62(30-32-95)87(127)111-34-35-131-46-72(111)85(125)103-64(42-54-44-97-60-18-13-12-17-57(54)60)81(121)102-63(38-51-21-25-55(112)26-22-51)80(120)100-61(29-31-94)79(119)105-67(78(118)98-45-73(96)114)47-132-48-74(115)99-66(39-53-36-58(91)76(93)59(92)37-53)86(126)109(6)71(88(128)107(69)4)41-52-23-27-56(113)28-24-52/h9-13,15-18,21-28,36-37,44,49,61-72,77,97,112-113H,7-8,14,19-20,29-35,38-43,45-48,94-95H2,1-6H3,(H2,96,114)(H,98,118)(H,99,115)(H,100,120)(H,101,124)(H,102,121)(H,103,125)(H,104,123)(H,105,119)(H,106,122)(H,116,117)/t61-,62-,63-,64+,65-,66-,67-,68+,69-,70-,71-,72+,77+/m0/s1. The summed E-state index contributed by atoms with van der Waals surface area (Å²) in [4.78, 5) is 245. The number of carboxylic acids is 1. The molecule has 132 heavy (non-hydrogen) atoms. The van der Waals surface area contributed by atoms with Crippen LogP contribution in [0, 0.1) is 23.4 Å². The predicted octanol–water partition coefficient (Wildman–Crippen LogP) is -0.546. The van der Waals surface area contributed by atoms with Crippen LogP contribution in [0.5, 0.6) is 11.5 Å². The van der Waals surface area contributed by atoms with E-state index in [1.54, 1.807) is 81.6 Å². The number of nitrogens with one attached hydrogen (secondary N) is 10. The van der Waals surface area contributed by atoms with Crippen molar-refractivity contribution in [2.75, 3.05) is 78.6 Å². The average Bonchev–Trinajstić information content (AvgIpc) is 1.80. The molecule has 0 unspecified atom stereocenters. The van der Waals surface area contributed by atoms with Crippen LogP contribution in [-0.2, 0) is 114 Å². The summed E-state index contributed by atoms with van der Waals surface area (Å²) in [5.74, 6) is -24.5. The van der Waals surface area contributed by atoms with Gasteiger partial charge < -0.3 is 115 Å². The fraction of sp³-hybridized carbons (Fsp3) is 0.467. The van der Waals surface area contributed by atoms with Crippen LogP contribution in [-0.4, -0.2) is 297 Å². The molecule has 0 aliphatic carbocycles. The molecule has 5 aromatic carbocycles. The Morgan fingerprint density at radius 1 is 0.538 bits per heavy atom. The molecule has 42 heteroatoms. The van der Waals surface area contributed by atoms with Gasteiger partial charge in [0.25, 0.3) is 0 Å². The summed E-state index contributed by atoms with van der Waals surface area (Å²) in [6.45, 7) is 2.48. The number of aromatic hydroxyl groups is 2. The van der Waals surface area contributed by atoms with Gasteiger partial charge in [-0.25, -0.2) is 13.2 Å². The lowest BCUT2D eigenvalue weighted by molar-refractivity contribution is -0.152. The highest BCUT2D eigenvalue weighted by molar-refractivity contribution is 8.00. The molecular formula is C90H115F3N18O20S. The molecule has 38 nitrogen and oxygen atoms in total. The number of unbranched alkanes of at least 4 members (excludes halogenated alkanes) is 1. The number of carbonyl (C=O) groups excluding carboxylic acids is 15. The van der Waals surface area contributed by atoms with E-state index in [2.05, 4.69) is 52.8 Å². The molecule has 0 spiro atoms. The number of primary amides is 1. The van der Waals surface area contributed by atoms with Crippen LogP contribution in [0.1, 0.15) is 100.0 Å². The first kappa shape index (κ1) is 103. The number of phenolic OH excluding ortho intramolecular Hbond substituents is 2. The van der Waals surface area contributed by atoms with E-state index in [9.17, 15) is 53.3 Å². The number of halogens is 3. The number of H-pyrrole nitrogens is 1. The van der Waals surface area contributed by atoms with E-state index in [0.29, 0.717) is 63.5 Å². The second-order valence-corrected chi connectivity index (χ2v) is 34.1. The Morgan fingerprint density at radius 3 is 1.70 bits per heavy atom. The normalized spacial score (nSPS) is 23.7. The molecule has 3 fully saturated rings. The molecule has 1 aromatic heterocycles. The maximum Gasteiger partial charge on any atom is 0.305 e. The second kappa shape index (κ2) is 48.6. The Morgan fingerprint density at radius 2 is 1.07 bits per heavy atom. The van der Waals surface area contributed by atoms with E-state index in [-0.39, 0.29) is 102 Å². The fourth-order valence-corrected chi connectivity index (χ4v) is 16.8. The number of carbonyl (C=O) groups is 16. The molecular weight excluding hydrogens is 1740 g/mol. The summed E-state index contributed by atoms with van der Waals surface area (Å²) in [6.07, 6.45) is -1.55. The molecule has 6 aromatic rings.